The maximum Gasteiger partial charge on any atom is 0.220 e. The van der Waals surface area contributed by atoms with Gasteiger partial charge in [-0.2, -0.15) is 5.10 Å². The van der Waals surface area contributed by atoms with Gasteiger partial charge in [-0.15, -0.1) is 0 Å². The molecule has 0 unspecified atom stereocenters. The predicted molar refractivity (Wildman–Crippen MR) is 89.7 cm³/mol. The van der Waals surface area contributed by atoms with E-state index >= 15 is 0 Å². The van der Waals surface area contributed by atoms with Gasteiger partial charge in [0.05, 0.1) is 0 Å². The van der Waals surface area contributed by atoms with E-state index in [1.165, 1.54) is 11.1 Å². The Bertz CT molecular complexity index is 640. The van der Waals surface area contributed by atoms with Crippen molar-refractivity contribution in [2.75, 3.05) is 13.1 Å². The van der Waals surface area contributed by atoms with Crippen molar-refractivity contribution in [1.82, 2.24) is 20.0 Å². The molecule has 0 bridgehead atoms. The number of carbonyl (C=O) groups is 1. The van der Waals surface area contributed by atoms with Crippen LogP contribution in [-0.2, 0) is 31.4 Å². The SMILES string of the molecule is Cn1nccc1CCNC(=O)CCCN1Cc2ccccc2C1. The summed E-state index contributed by atoms with van der Waals surface area (Å²) in [6, 6.07) is 10.6. The first kappa shape index (κ1) is 15.7. The second kappa shape index (κ2) is 7.42. The first-order valence-electron chi connectivity index (χ1n) is 8.25. The van der Waals surface area contributed by atoms with Crippen LogP contribution in [0.2, 0.25) is 0 Å². The van der Waals surface area contributed by atoms with Gasteiger partial charge in [-0.1, -0.05) is 24.3 Å². The van der Waals surface area contributed by atoms with E-state index < -0.39 is 0 Å². The summed E-state index contributed by atoms with van der Waals surface area (Å²) in [6.07, 6.45) is 4.11. The minimum Gasteiger partial charge on any atom is -0.356 e. The molecule has 0 saturated heterocycles. The normalized spacial score (nSPS) is 14.0. The lowest BCUT2D eigenvalue weighted by molar-refractivity contribution is -0.121. The fourth-order valence-electron chi connectivity index (χ4n) is 3.09. The average Bonchev–Trinajstić information content (AvgIpc) is 3.13. The van der Waals surface area contributed by atoms with Gasteiger partial charge in [0.2, 0.25) is 5.91 Å². The number of carbonyl (C=O) groups excluding carboxylic acids is 1. The van der Waals surface area contributed by atoms with Crippen LogP contribution in [0.1, 0.15) is 29.7 Å². The Hall–Kier alpha value is -2.14. The van der Waals surface area contributed by atoms with Crippen LogP contribution >= 0.6 is 0 Å². The third-order valence-electron chi connectivity index (χ3n) is 4.41. The quantitative estimate of drug-likeness (QED) is 0.849. The molecule has 1 amide bonds. The summed E-state index contributed by atoms with van der Waals surface area (Å²) < 4.78 is 1.84. The zero-order valence-corrected chi connectivity index (χ0v) is 13.7. The molecule has 0 fully saturated rings. The van der Waals surface area contributed by atoms with E-state index in [9.17, 15) is 4.79 Å². The van der Waals surface area contributed by atoms with Crippen LogP contribution in [0.25, 0.3) is 0 Å². The van der Waals surface area contributed by atoms with Crippen LogP contribution < -0.4 is 5.32 Å². The number of benzene rings is 1. The second-order valence-electron chi connectivity index (χ2n) is 6.13. The number of fused-ring (bicyclic) bond motifs is 1. The van der Waals surface area contributed by atoms with Crippen molar-refractivity contribution in [3.63, 3.8) is 0 Å². The van der Waals surface area contributed by atoms with Crippen LogP contribution in [0.4, 0.5) is 0 Å². The lowest BCUT2D eigenvalue weighted by atomic mass is 10.1. The van der Waals surface area contributed by atoms with Crippen molar-refractivity contribution in [3.05, 3.63) is 53.3 Å². The van der Waals surface area contributed by atoms with Crippen LogP contribution in [0.3, 0.4) is 0 Å². The minimum absolute atomic E-state index is 0.142. The van der Waals surface area contributed by atoms with E-state index in [1.807, 2.05) is 17.8 Å². The minimum atomic E-state index is 0.142. The molecule has 1 aliphatic rings. The summed E-state index contributed by atoms with van der Waals surface area (Å²) in [5.41, 5.74) is 3.99. The molecule has 0 aliphatic carbocycles. The Kier molecular flexibility index (Phi) is 5.08. The van der Waals surface area contributed by atoms with Gasteiger partial charge in [0.15, 0.2) is 0 Å². The zero-order chi connectivity index (χ0) is 16.1. The molecule has 5 heteroatoms. The fourth-order valence-corrected chi connectivity index (χ4v) is 3.09. The lowest BCUT2D eigenvalue weighted by Crippen LogP contribution is -2.27. The maximum absolute atomic E-state index is 11.9. The highest BCUT2D eigenvalue weighted by molar-refractivity contribution is 5.75. The van der Waals surface area contributed by atoms with Crippen LogP contribution in [0, 0.1) is 0 Å². The highest BCUT2D eigenvalue weighted by atomic mass is 16.1. The molecule has 2 heterocycles. The molecular weight excluding hydrogens is 288 g/mol. The molecule has 23 heavy (non-hydrogen) atoms. The largest absolute Gasteiger partial charge is 0.356 e. The Morgan fingerprint density at radius 3 is 2.61 bits per heavy atom. The Morgan fingerprint density at radius 1 is 1.22 bits per heavy atom. The van der Waals surface area contributed by atoms with E-state index in [0.29, 0.717) is 13.0 Å². The van der Waals surface area contributed by atoms with Gasteiger partial charge in [0, 0.05) is 51.4 Å². The molecule has 1 aromatic carbocycles. The summed E-state index contributed by atoms with van der Waals surface area (Å²) >= 11 is 0. The number of hydrogen-bond acceptors (Lipinski definition) is 3. The van der Waals surface area contributed by atoms with Crippen molar-refractivity contribution in [2.24, 2.45) is 7.05 Å². The summed E-state index contributed by atoms with van der Waals surface area (Å²) in [7, 11) is 1.92. The molecule has 0 spiro atoms. The summed E-state index contributed by atoms with van der Waals surface area (Å²) in [5, 5.41) is 7.12. The fraction of sp³-hybridized carbons (Fsp3) is 0.444. The molecule has 0 atom stereocenters. The number of rotatable bonds is 7. The van der Waals surface area contributed by atoms with Gasteiger partial charge in [0.25, 0.3) is 0 Å². The number of nitrogens with zero attached hydrogens (tertiary/aromatic N) is 3. The summed E-state index contributed by atoms with van der Waals surface area (Å²) in [6.45, 7) is 3.67. The molecule has 5 nitrogen and oxygen atoms in total. The van der Waals surface area contributed by atoms with Gasteiger partial charge in [-0.05, 0) is 30.2 Å². The Balaban J connectivity index is 1.31. The van der Waals surface area contributed by atoms with E-state index in [2.05, 4.69) is 39.6 Å². The predicted octanol–water partition coefficient (Wildman–Crippen LogP) is 1.87. The van der Waals surface area contributed by atoms with Gasteiger partial charge in [0.1, 0.15) is 0 Å². The summed E-state index contributed by atoms with van der Waals surface area (Å²) in [5.74, 6) is 0.142. The van der Waals surface area contributed by atoms with Gasteiger partial charge in [-0.25, -0.2) is 0 Å². The Labute approximate surface area is 137 Å². The molecule has 2 aromatic rings. The average molecular weight is 312 g/mol. The van der Waals surface area contributed by atoms with Crippen molar-refractivity contribution in [2.45, 2.75) is 32.4 Å². The maximum atomic E-state index is 11.9. The van der Waals surface area contributed by atoms with E-state index in [0.717, 1.165) is 38.2 Å². The highest BCUT2D eigenvalue weighted by Crippen LogP contribution is 2.22. The monoisotopic (exact) mass is 312 g/mol. The number of aryl methyl sites for hydroxylation is 1. The van der Waals surface area contributed by atoms with Crippen molar-refractivity contribution < 1.29 is 4.79 Å². The standard InChI is InChI=1S/C18H24N4O/c1-21-17(9-11-20-21)8-10-19-18(23)7-4-12-22-13-15-5-2-3-6-16(15)14-22/h2-3,5-6,9,11H,4,7-8,10,12-14H2,1H3,(H,19,23). The van der Waals surface area contributed by atoms with Crippen LogP contribution in [0.5, 0.6) is 0 Å². The zero-order valence-electron chi connectivity index (χ0n) is 13.7. The van der Waals surface area contributed by atoms with Crippen LogP contribution in [0.15, 0.2) is 36.5 Å². The third kappa shape index (κ3) is 4.20. The smallest absolute Gasteiger partial charge is 0.220 e. The van der Waals surface area contributed by atoms with Crippen molar-refractivity contribution in [3.8, 4) is 0 Å². The highest BCUT2D eigenvalue weighted by Gasteiger charge is 2.17. The Morgan fingerprint density at radius 2 is 1.96 bits per heavy atom. The molecule has 122 valence electrons. The first-order chi connectivity index (χ1) is 11.2. The van der Waals surface area contributed by atoms with Crippen molar-refractivity contribution in [1.29, 1.82) is 0 Å². The molecule has 3 rings (SSSR count). The van der Waals surface area contributed by atoms with Crippen molar-refractivity contribution >= 4 is 5.91 Å². The topological polar surface area (TPSA) is 50.2 Å². The summed E-state index contributed by atoms with van der Waals surface area (Å²) in [4.78, 5) is 14.3. The van der Waals surface area contributed by atoms with E-state index in [4.69, 9.17) is 0 Å². The molecule has 0 radical (unpaired) electrons. The van der Waals surface area contributed by atoms with Gasteiger partial charge < -0.3 is 5.32 Å². The van der Waals surface area contributed by atoms with E-state index in [1.54, 1.807) is 6.20 Å². The number of nitrogens with one attached hydrogen (secondary N) is 1. The molecule has 1 N–H and O–H groups in total. The van der Waals surface area contributed by atoms with E-state index in [-0.39, 0.29) is 5.91 Å². The second-order valence-corrected chi connectivity index (χ2v) is 6.13. The van der Waals surface area contributed by atoms with Gasteiger partial charge >= 0.3 is 0 Å². The number of hydrogen-bond donors (Lipinski definition) is 1. The number of aromatic nitrogens is 2. The first-order valence-corrected chi connectivity index (χ1v) is 8.25. The molecular formula is C18H24N4O. The molecule has 1 aromatic heterocycles. The number of amides is 1. The molecule has 0 saturated carbocycles. The molecule has 1 aliphatic heterocycles. The third-order valence-corrected chi connectivity index (χ3v) is 4.41. The van der Waals surface area contributed by atoms with Gasteiger partial charge in [-0.3, -0.25) is 14.4 Å². The van der Waals surface area contributed by atoms with Crippen LogP contribution in [-0.4, -0.2) is 33.7 Å². The lowest BCUT2D eigenvalue weighted by Gasteiger charge is -2.14.